The largest absolute Gasteiger partial charge is 0.490 e. The summed E-state index contributed by atoms with van der Waals surface area (Å²) in [5, 5.41) is 13.5. The molecule has 0 radical (unpaired) electrons. The average Bonchev–Trinajstić information content (AvgIpc) is 3.41. The molecular weight excluding hydrogens is 441 g/mol. The van der Waals surface area contributed by atoms with Crippen LogP contribution >= 0.6 is 0 Å². The molecular formula is C19H20F5N5O3. The minimum Gasteiger partial charge on any atom is -0.475 e. The van der Waals surface area contributed by atoms with Crippen molar-refractivity contribution in [1.82, 2.24) is 20.1 Å². The Morgan fingerprint density at radius 1 is 1.09 bits per heavy atom. The van der Waals surface area contributed by atoms with Crippen molar-refractivity contribution in [2.75, 3.05) is 31.1 Å². The number of alkyl halides is 5. The van der Waals surface area contributed by atoms with E-state index in [1.165, 1.54) is 11.1 Å². The van der Waals surface area contributed by atoms with Gasteiger partial charge in [-0.2, -0.15) is 18.3 Å². The van der Waals surface area contributed by atoms with Crippen LogP contribution in [-0.2, 0) is 4.79 Å². The first-order valence-electron chi connectivity index (χ1n) is 9.57. The lowest BCUT2D eigenvalue weighted by molar-refractivity contribution is -0.192. The quantitative estimate of drug-likeness (QED) is 0.667. The van der Waals surface area contributed by atoms with Crippen molar-refractivity contribution >= 4 is 17.6 Å². The molecule has 2 aromatic heterocycles. The number of piperidine rings is 1. The van der Waals surface area contributed by atoms with Crippen molar-refractivity contribution in [3.05, 3.63) is 42.5 Å². The van der Waals surface area contributed by atoms with Crippen LogP contribution in [0.4, 0.5) is 27.6 Å². The van der Waals surface area contributed by atoms with Crippen LogP contribution in [0.3, 0.4) is 0 Å². The first-order valence-corrected chi connectivity index (χ1v) is 9.57. The van der Waals surface area contributed by atoms with Gasteiger partial charge in [0.05, 0.1) is 17.3 Å². The first-order chi connectivity index (χ1) is 15.0. The number of carboxylic acid groups (broad SMARTS) is 1. The number of aromatic amines is 1. The summed E-state index contributed by atoms with van der Waals surface area (Å²) in [7, 11) is 0. The van der Waals surface area contributed by atoms with Crippen molar-refractivity contribution in [2.24, 2.45) is 5.41 Å². The summed E-state index contributed by atoms with van der Waals surface area (Å²) in [6.07, 6.45) is -0.209. The van der Waals surface area contributed by atoms with Crippen LogP contribution < -0.4 is 4.90 Å². The Morgan fingerprint density at radius 2 is 1.81 bits per heavy atom. The smallest absolute Gasteiger partial charge is 0.475 e. The summed E-state index contributed by atoms with van der Waals surface area (Å²) in [5.74, 6) is -5.82. The molecule has 1 spiro atoms. The summed E-state index contributed by atoms with van der Waals surface area (Å²) in [4.78, 5) is 29.0. The maximum atomic E-state index is 14.8. The molecule has 174 valence electrons. The van der Waals surface area contributed by atoms with Crippen molar-refractivity contribution in [2.45, 2.75) is 24.9 Å². The van der Waals surface area contributed by atoms with Crippen molar-refractivity contribution < 1.29 is 36.6 Å². The number of aromatic nitrogens is 3. The van der Waals surface area contributed by atoms with Gasteiger partial charge in [-0.25, -0.2) is 13.6 Å². The summed E-state index contributed by atoms with van der Waals surface area (Å²) in [6.45, 7) is 0.861. The van der Waals surface area contributed by atoms with Crippen LogP contribution in [0.2, 0.25) is 0 Å². The number of aliphatic carboxylic acids is 1. The van der Waals surface area contributed by atoms with Crippen molar-refractivity contribution in [3.63, 3.8) is 0 Å². The molecule has 0 saturated carbocycles. The van der Waals surface area contributed by atoms with Gasteiger partial charge in [0.2, 0.25) is 0 Å². The maximum absolute atomic E-state index is 14.8. The summed E-state index contributed by atoms with van der Waals surface area (Å²) >= 11 is 0. The maximum Gasteiger partial charge on any atom is 0.490 e. The number of amides is 1. The van der Waals surface area contributed by atoms with Gasteiger partial charge in [-0.1, -0.05) is 0 Å². The fraction of sp³-hybridized carbons (Fsp3) is 0.474. The molecule has 13 heteroatoms. The van der Waals surface area contributed by atoms with E-state index in [0.29, 0.717) is 18.7 Å². The number of hydrogen-bond acceptors (Lipinski definition) is 5. The van der Waals surface area contributed by atoms with Gasteiger partial charge in [-0.05, 0) is 24.6 Å². The third-order valence-electron chi connectivity index (χ3n) is 5.59. The Hall–Kier alpha value is -3.25. The van der Waals surface area contributed by atoms with E-state index in [-0.39, 0.29) is 32.0 Å². The van der Waals surface area contributed by atoms with Crippen LogP contribution in [-0.4, -0.2) is 75.3 Å². The van der Waals surface area contributed by atoms with Gasteiger partial charge in [-0.15, -0.1) is 0 Å². The van der Waals surface area contributed by atoms with Crippen molar-refractivity contribution in [3.8, 4) is 0 Å². The number of carboxylic acids is 1. The van der Waals surface area contributed by atoms with Gasteiger partial charge in [0.15, 0.2) is 0 Å². The van der Waals surface area contributed by atoms with Gasteiger partial charge >= 0.3 is 12.1 Å². The topological polar surface area (TPSA) is 102 Å². The Morgan fingerprint density at radius 3 is 2.38 bits per heavy atom. The zero-order chi connectivity index (χ0) is 23.6. The highest BCUT2D eigenvalue weighted by Crippen LogP contribution is 2.50. The molecule has 2 saturated heterocycles. The fourth-order valence-corrected chi connectivity index (χ4v) is 3.88. The highest BCUT2D eigenvalue weighted by atomic mass is 19.4. The van der Waals surface area contributed by atoms with Gasteiger partial charge < -0.3 is 14.9 Å². The monoisotopic (exact) mass is 461 g/mol. The molecule has 1 amide bonds. The van der Waals surface area contributed by atoms with Crippen molar-refractivity contribution in [1.29, 1.82) is 0 Å². The third-order valence-corrected chi connectivity index (χ3v) is 5.59. The Labute approximate surface area is 179 Å². The van der Waals surface area contributed by atoms with E-state index in [4.69, 9.17) is 9.90 Å². The number of carbonyl (C=O) groups is 2. The minimum absolute atomic E-state index is 0.0502. The van der Waals surface area contributed by atoms with Crippen LogP contribution in [0.5, 0.6) is 0 Å². The number of hydrogen-bond donors (Lipinski definition) is 2. The Kier molecular flexibility index (Phi) is 6.37. The SMILES string of the molecule is O=C(O)C(F)(F)F.O=C(c1ccn[nH]1)N1CCC(F)(F)C2(CCN(c3cccnc3)C2)C1. The molecule has 2 aliphatic rings. The average molecular weight is 461 g/mol. The van der Waals surface area contributed by atoms with E-state index in [1.807, 2.05) is 11.0 Å². The molecule has 1 atom stereocenters. The first kappa shape index (κ1) is 23.4. The second-order valence-corrected chi connectivity index (χ2v) is 7.62. The number of anilines is 1. The summed E-state index contributed by atoms with van der Waals surface area (Å²) in [6, 6.07) is 5.24. The number of carbonyl (C=O) groups excluding carboxylic acids is 1. The lowest BCUT2D eigenvalue weighted by atomic mass is 9.75. The summed E-state index contributed by atoms with van der Waals surface area (Å²) in [5.41, 5.74) is -0.0498. The number of nitrogens with one attached hydrogen (secondary N) is 1. The molecule has 4 heterocycles. The highest BCUT2D eigenvalue weighted by Gasteiger charge is 2.60. The highest BCUT2D eigenvalue weighted by molar-refractivity contribution is 5.92. The second-order valence-electron chi connectivity index (χ2n) is 7.62. The number of nitrogens with zero attached hydrogens (tertiary/aromatic N) is 4. The van der Waals surface area contributed by atoms with E-state index in [9.17, 15) is 26.7 Å². The molecule has 2 aliphatic heterocycles. The van der Waals surface area contributed by atoms with Gasteiger partial charge in [0.25, 0.3) is 11.8 Å². The van der Waals surface area contributed by atoms with Gasteiger partial charge in [0, 0.05) is 45.0 Å². The zero-order valence-corrected chi connectivity index (χ0v) is 16.6. The van der Waals surface area contributed by atoms with Gasteiger partial charge in [-0.3, -0.25) is 14.9 Å². The second kappa shape index (κ2) is 8.71. The number of rotatable bonds is 2. The lowest BCUT2D eigenvalue weighted by Gasteiger charge is -2.45. The number of halogens is 5. The number of likely N-dealkylation sites (tertiary alicyclic amines) is 1. The molecule has 32 heavy (non-hydrogen) atoms. The molecule has 2 fully saturated rings. The van der Waals surface area contributed by atoms with Gasteiger partial charge in [0.1, 0.15) is 5.69 Å². The fourth-order valence-electron chi connectivity index (χ4n) is 3.88. The van der Waals surface area contributed by atoms with E-state index >= 15 is 0 Å². The van der Waals surface area contributed by atoms with E-state index in [1.54, 1.807) is 24.5 Å². The molecule has 8 nitrogen and oxygen atoms in total. The molecule has 0 aliphatic carbocycles. The number of pyridine rings is 1. The summed E-state index contributed by atoms with van der Waals surface area (Å²) < 4.78 is 61.4. The normalized spacial score (nSPS) is 22.4. The van der Waals surface area contributed by atoms with Crippen LogP contribution in [0.15, 0.2) is 36.8 Å². The lowest BCUT2D eigenvalue weighted by Crippen LogP contribution is -2.58. The van der Waals surface area contributed by atoms with E-state index in [2.05, 4.69) is 15.2 Å². The predicted octanol–water partition coefficient (Wildman–Crippen LogP) is 2.82. The molecule has 2 aromatic rings. The van der Waals surface area contributed by atoms with Crippen LogP contribution in [0.25, 0.3) is 0 Å². The zero-order valence-electron chi connectivity index (χ0n) is 16.6. The third kappa shape index (κ3) is 4.81. The van der Waals surface area contributed by atoms with Crippen LogP contribution in [0.1, 0.15) is 23.3 Å². The predicted molar refractivity (Wildman–Crippen MR) is 101 cm³/mol. The number of H-pyrrole nitrogens is 1. The minimum atomic E-state index is -5.08. The Bertz CT molecular complexity index is 939. The molecule has 2 N–H and O–H groups in total. The molecule has 1 unspecified atom stereocenters. The molecule has 0 bridgehead atoms. The van der Waals surface area contributed by atoms with Crippen LogP contribution in [0, 0.1) is 5.41 Å². The Balaban J connectivity index is 0.000000360. The molecule has 4 rings (SSSR count). The van der Waals surface area contributed by atoms with E-state index < -0.39 is 23.5 Å². The molecule has 0 aromatic carbocycles. The standard InChI is InChI=1S/C17H19F2N5O.C2HF3O2/c18-17(19)5-9-24(15(25)14-3-7-21-22-14)12-16(17)4-8-23(11-16)13-2-1-6-20-10-13;3-2(4,5)1(6)7/h1-3,6-7,10H,4-5,8-9,11-12H2,(H,21,22);(H,6,7). The van der Waals surface area contributed by atoms with E-state index in [0.717, 1.165) is 5.69 Å².